The first-order valence-electron chi connectivity index (χ1n) is 24.1. The quantitative estimate of drug-likeness (QED) is 0.123. The van der Waals surface area contributed by atoms with Crippen LogP contribution in [-0.2, 0) is 44.6 Å². The third-order valence-corrected chi connectivity index (χ3v) is 16.4. The number of carbonyl (C=O) groups excluding carboxylic acids is 2. The number of rotatable bonds is 15. The van der Waals surface area contributed by atoms with E-state index in [2.05, 4.69) is 26.1 Å². The van der Waals surface area contributed by atoms with Crippen LogP contribution in [0.1, 0.15) is 139 Å². The van der Waals surface area contributed by atoms with Crippen LogP contribution in [0.15, 0.2) is 36.4 Å². The van der Waals surface area contributed by atoms with E-state index < -0.39 is 95.1 Å². The number of alkyl carbamates (subject to hydrolysis) is 1. The summed E-state index contributed by atoms with van der Waals surface area (Å²) < 4.78 is 40.2. The topological polar surface area (TPSA) is 179 Å². The van der Waals surface area contributed by atoms with Gasteiger partial charge >= 0.3 is 12.1 Å². The molecule has 0 radical (unpaired) electrons. The molecule has 1 aromatic rings. The number of halogens is 1. The van der Waals surface area contributed by atoms with Crippen molar-refractivity contribution < 1.29 is 58.1 Å². The van der Waals surface area contributed by atoms with Crippen LogP contribution in [0.4, 0.5) is 4.79 Å². The molecule has 5 aliphatic rings. The zero-order valence-corrected chi connectivity index (χ0v) is 40.5. The molecule has 360 valence electrons. The van der Waals surface area contributed by atoms with E-state index in [-0.39, 0.29) is 36.2 Å². The first kappa shape index (κ1) is 50.8. The Morgan fingerprint density at radius 3 is 2.27 bits per heavy atom. The zero-order chi connectivity index (χ0) is 46.9. The molecule has 6 rings (SSSR count). The minimum Gasteiger partial charge on any atom is -0.481 e. The summed E-state index contributed by atoms with van der Waals surface area (Å²) in [6.45, 7) is 19.5. The average Bonchev–Trinajstić information content (AvgIpc) is 3.61. The van der Waals surface area contributed by atoms with Gasteiger partial charge in [0.15, 0.2) is 11.6 Å². The predicted octanol–water partition coefficient (Wildman–Crippen LogP) is 8.78. The summed E-state index contributed by atoms with van der Waals surface area (Å²) >= 11 is 6.36. The van der Waals surface area contributed by atoms with Crippen molar-refractivity contribution in [1.82, 2.24) is 5.32 Å². The van der Waals surface area contributed by atoms with E-state index in [1.165, 1.54) is 0 Å². The minimum absolute atomic E-state index is 0.0399. The lowest BCUT2D eigenvalue weighted by Crippen LogP contribution is -2.65. The Balaban J connectivity index is 1.24. The molecule has 14 heteroatoms. The van der Waals surface area contributed by atoms with Gasteiger partial charge in [0.1, 0.15) is 18.4 Å². The normalized spacial score (nSPS) is 40.0. The van der Waals surface area contributed by atoms with Gasteiger partial charge in [-0.2, -0.15) is 0 Å². The molecule has 0 bridgehead atoms. The highest BCUT2D eigenvalue weighted by molar-refractivity contribution is 6.31. The number of ketones is 1. The standard InChI is InChI=1S/C50H76ClNO12/c1-11-35(45(55)56)38-19-18-28(4)43(61-38)32(8)41(53)31(7)42(54)36(12-2)44-29(5)26-30(6)49(62-44)23-20-39(52-46(57)59-27-34-16-14-15-17-37(34)51)50(64-49)25-24-47(10,63-50)40-21-22-48(58,13-3)33(9)60-40/h14-17,20,23,28-33,35-36,38-41,43-44,53,58H,11-13,18-19,21-22,24-27H2,1-10H3,(H,52,57)(H,55,56)/t28-,29-,30+,31-,32-,33-,35+,36-,38+,39+,40+,41+,43+,44-,47-,48+,49-,50-/m0/s1. The van der Waals surface area contributed by atoms with Gasteiger partial charge in [-0.3, -0.25) is 9.59 Å². The number of aliphatic hydroxyl groups is 2. The lowest BCUT2D eigenvalue weighted by molar-refractivity contribution is -0.398. The molecule has 4 saturated heterocycles. The molecule has 0 aliphatic carbocycles. The first-order valence-corrected chi connectivity index (χ1v) is 24.5. The molecular weight excluding hydrogens is 842 g/mol. The minimum atomic E-state index is -1.42. The van der Waals surface area contributed by atoms with Crippen molar-refractivity contribution in [2.24, 2.45) is 41.4 Å². The van der Waals surface area contributed by atoms with Crippen LogP contribution in [-0.4, -0.2) is 98.6 Å². The summed E-state index contributed by atoms with van der Waals surface area (Å²) in [5.41, 5.74) is -1.12. The van der Waals surface area contributed by atoms with Gasteiger partial charge in [-0.25, -0.2) is 4.79 Å². The smallest absolute Gasteiger partial charge is 0.408 e. The van der Waals surface area contributed by atoms with Crippen LogP contribution in [0, 0.1) is 41.4 Å². The predicted molar refractivity (Wildman–Crippen MR) is 241 cm³/mol. The van der Waals surface area contributed by atoms with Gasteiger partial charge in [0.05, 0.1) is 53.7 Å². The van der Waals surface area contributed by atoms with Gasteiger partial charge < -0.3 is 49.1 Å². The number of Topliss-reactive ketones (excluding diaryl/α,β-unsaturated/α-hetero) is 1. The van der Waals surface area contributed by atoms with Gasteiger partial charge in [0.2, 0.25) is 0 Å². The molecule has 5 heterocycles. The second-order valence-corrected chi connectivity index (χ2v) is 20.7. The van der Waals surface area contributed by atoms with Crippen molar-refractivity contribution in [3.05, 3.63) is 47.0 Å². The van der Waals surface area contributed by atoms with Crippen LogP contribution >= 0.6 is 11.6 Å². The molecule has 2 spiro atoms. The van der Waals surface area contributed by atoms with E-state index >= 15 is 0 Å². The maximum atomic E-state index is 14.7. The van der Waals surface area contributed by atoms with Crippen LogP contribution in [0.5, 0.6) is 0 Å². The van der Waals surface area contributed by atoms with E-state index in [0.29, 0.717) is 68.4 Å². The Bertz CT molecular complexity index is 1830. The van der Waals surface area contributed by atoms with Crippen LogP contribution < -0.4 is 5.32 Å². The van der Waals surface area contributed by atoms with Crippen LogP contribution in [0.2, 0.25) is 5.02 Å². The summed E-state index contributed by atoms with van der Waals surface area (Å²) in [5.74, 6) is -6.32. The molecule has 4 fully saturated rings. The molecule has 13 nitrogen and oxygen atoms in total. The lowest BCUT2D eigenvalue weighted by Gasteiger charge is -2.55. The van der Waals surface area contributed by atoms with Crippen molar-refractivity contribution >= 4 is 29.4 Å². The second-order valence-electron chi connectivity index (χ2n) is 20.3. The lowest BCUT2D eigenvalue weighted by atomic mass is 9.72. The fraction of sp³-hybridized carbons (Fsp3) is 0.780. The largest absolute Gasteiger partial charge is 0.481 e. The number of aliphatic carboxylic acids is 1. The van der Waals surface area contributed by atoms with Crippen LogP contribution in [0.3, 0.4) is 0 Å². The maximum absolute atomic E-state index is 14.7. The number of carboxylic acids is 1. The monoisotopic (exact) mass is 918 g/mol. The Hall–Kier alpha value is -2.62. The highest BCUT2D eigenvalue weighted by Crippen LogP contribution is 2.54. The van der Waals surface area contributed by atoms with Crippen molar-refractivity contribution in [3.8, 4) is 0 Å². The zero-order valence-electron chi connectivity index (χ0n) is 39.7. The Morgan fingerprint density at radius 2 is 1.62 bits per heavy atom. The van der Waals surface area contributed by atoms with E-state index in [1.54, 1.807) is 19.1 Å². The van der Waals surface area contributed by atoms with Gasteiger partial charge in [-0.1, -0.05) is 91.3 Å². The molecule has 0 unspecified atom stereocenters. The molecule has 4 N–H and O–H groups in total. The second kappa shape index (κ2) is 20.3. The fourth-order valence-electron chi connectivity index (χ4n) is 11.6. The van der Waals surface area contributed by atoms with E-state index in [0.717, 1.165) is 6.42 Å². The number of carbonyl (C=O) groups is 3. The van der Waals surface area contributed by atoms with Crippen molar-refractivity contribution in [2.75, 3.05) is 0 Å². The van der Waals surface area contributed by atoms with E-state index in [1.807, 2.05) is 65.8 Å². The number of amides is 1. The van der Waals surface area contributed by atoms with E-state index in [9.17, 15) is 29.7 Å². The molecule has 0 saturated carbocycles. The summed E-state index contributed by atoms with van der Waals surface area (Å²) in [4.78, 5) is 40.3. The van der Waals surface area contributed by atoms with Crippen molar-refractivity contribution in [3.63, 3.8) is 0 Å². The SMILES string of the molecule is CC[C@@H](C(=O)[C@@H](C)[C@@H](O)[C@H](C)[C@@H]1O[C@@H]([C@@H](CC)C(=O)O)CC[C@@H]1C)[C@H]1O[C@]2(C=C[C@@H](NC(=O)OCc3ccccc3Cl)[C@]3(CC[C@@](C)([C@H]4CC[C@](O)(CC)[C@H](C)O4)O3)O2)[C@H](C)C[C@@H]1C. The highest BCUT2D eigenvalue weighted by atomic mass is 35.5. The van der Waals surface area contributed by atoms with Crippen LogP contribution in [0.25, 0.3) is 0 Å². The van der Waals surface area contributed by atoms with Gasteiger partial charge in [0, 0.05) is 40.7 Å². The Morgan fingerprint density at radius 1 is 0.922 bits per heavy atom. The molecule has 1 aromatic carbocycles. The van der Waals surface area contributed by atoms with Gasteiger partial charge in [0.25, 0.3) is 0 Å². The number of aliphatic hydroxyl groups excluding tert-OH is 1. The molecular formula is C50H76ClNO12. The number of hydrogen-bond donors (Lipinski definition) is 4. The molecule has 5 aliphatic heterocycles. The van der Waals surface area contributed by atoms with E-state index in [4.69, 9.17) is 40.0 Å². The number of hydrogen-bond acceptors (Lipinski definition) is 11. The summed E-state index contributed by atoms with van der Waals surface area (Å²) in [7, 11) is 0. The number of ether oxygens (including phenoxy) is 6. The number of carboxylic acid groups (broad SMARTS) is 1. The highest BCUT2D eigenvalue weighted by Gasteiger charge is 2.63. The third kappa shape index (κ3) is 10.1. The third-order valence-electron chi connectivity index (χ3n) is 16.1. The average molecular weight is 919 g/mol. The summed E-state index contributed by atoms with van der Waals surface area (Å²) in [5, 5.41) is 36.5. The molecule has 64 heavy (non-hydrogen) atoms. The fourth-order valence-corrected chi connectivity index (χ4v) is 11.8. The summed E-state index contributed by atoms with van der Waals surface area (Å²) in [6, 6.07) is 6.37. The maximum Gasteiger partial charge on any atom is 0.408 e. The Labute approximate surface area is 385 Å². The van der Waals surface area contributed by atoms with Gasteiger partial charge in [-0.05, 0) is 95.6 Å². The Kier molecular flexibility index (Phi) is 16.1. The molecule has 0 aromatic heterocycles. The number of nitrogens with one attached hydrogen (secondary N) is 1. The van der Waals surface area contributed by atoms with Gasteiger partial charge in [-0.15, -0.1) is 0 Å². The number of benzene rings is 1. The molecule has 1 amide bonds. The summed E-state index contributed by atoms with van der Waals surface area (Å²) in [6.07, 6.45) is 5.34. The molecule has 18 atom stereocenters. The van der Waals surface area contributed by atoms with Crippen molar-refractivity contribution in [2.45, 2.75) is 205 Å². The first-order chi connectivity index (χ1) is 30.2. The van der Waals surface area contributed by atoms with Crippen molar-refractivity contribution in [1.29, 1.82) is 0 Å².